The van der Waals surface area contributed by atoms with Gasteiger partial charge in [0, 0.05) is 43.9 Å². The van der Waals surface area contributed by atoms with E-state index in [9.17, 15) is 14.4 Å². The molecule has 1 heterocycles. The summed E-state index contributed by atoms with van der Waals surface area (Å²) in [6.45, 7) is 2.46. The summed E-state index contributed by atoms with van der Waals surface area (Å²) in [6, 6.07) is 10.5. The number of amides is 3. The standard InChI is InChI=1S/C21H26N4O4/c1-16-4-6-18(7-5-16)24-19(26)14-23-20(27)15-25(12-3-13-29-2)21(28)17-8-10-22-11-9-17/h4-11H,3,12-15H2,1-2H3,(H,23,27)(H,24,26). The van der Waals surface area contributed by atoms with Gasteiger partial charge in [-0.25, -0.2) is 0 Å². The van der Waals surface area contributed by atoms with Crippen molar-refractivity contribution in [2.24, 2.45) is 0 Å². The van der Waals surface area contributed by atoms with E-state index in [1.807, 2.05) is 19.1 Å². The highest BCUT2D eigenvalue weighted by atomic mass is 16.5. The van der Waals surface area contributed by atoms with Crippen molar-refractivity contribution >= 4 is 23.4 Å². The quantitative estimate of drug-likeness (QED) is 0.593. The Bertz CT molecular complexity index is 809. The van der Waals surface area contributed by atoms with Crippen LogP contribution < -0.4 is 10.6 Å². The molecular formula is C21H26N4O4. The smallest absolute Gasteiger partial charge is 0.254 e. The zero-order valence-electron chi connectivity index (χ0n) is 16.7. The first kappa shape index (κ1) is 22.0. The molecule has 0 saturated carbocycles. The predicted octanol–water partition coefficient (Wildman–Crippen LogP) is 1.62. The third kappa shape index (κ3) is 7.71. The average Bonchev–Trinajstić information content (AvgIpc) is 2.73. The number of nitrogens with one attached hydrogen (secondary N) is 2. The summed E-state index contributed by atoms with van der Waals surface area (Å²) in [6.07, 6.45) is 3.64. The van der Waals surface area contributed by atoms with Crippen molar-refractivity contribution in [2.75, 3.05) is 38.7 Å². The normalized spacial score (nSPS) is 10.3. The van der Waals surface area contributed by atoms with Gasteiger partial charge in [-0.15, -0.1) is 0 Å². The first-order chi connectivity index (χ1) is 14.0. The molecule has 1 aromatic carbocycles. The molecule has 0 atom stereocenters. The fourth-order valence-corrected chi connectivity index (χ4v) is 2.58. The van der Waals surface area contributed by atoms with Gasteiger partial charge >= 0.3 is 0 Å². The molecule has 0 aliphatic carbocycles. The highest BCUT2D eigenvalue weighted by molar-refractivity contribution is 5.98. The van der Waals surface area contributed by atoms with Gasteiger partial charge in [0.2, 0.25) is 11.8 Å². The van der Waals surface area contributed by atoms with Crippen molar-refractivity contribution in [3.8, 4) is 0 Å². The van der Waals surface area contributed by atoms with Crippen LogP contribution in [0.5, 0.6) is 0 Å². The van der Waals surface area contributed by atoms with E-state index in [1.165, 1.54) is 17.3 Å². The van der Waals surface area contributed by atoms with Crippen LogP contribution in [-0.2, 0) is 14.3 Å². The summed E-state index contributed by atoms with van der Waals surface area (Å²) in [5, 5.41) is 5.26. The van der Waals surface area contributed by atoms with Crippen LogP contribution in [-0.4, -0.2) is 61.0 Å². The number of carbonyl (C=O) groups excluding carboxylic acids is 3. The molecule has 0 aliphatic rings. The molecule has 154 valence electrons. The second-order valence-corrected chi connectivity index (χ2v) is 6.50. The Balaban J connectivity index is 1.88. The number of pyridine rings is 1. The summed E-state index contributed by atoms with van der Waals surface area (Å²) in [7, 11) is 1.58. The van der Waals surface area contributed by atoms with Crippen LogP contribution in [0.4, 0.5) is 5.69 Å². The molecule has 0 aliphatic heterocycles. The third-order valence-electron chi connectivity index (χ3n) is 4.11. The number of benzene rings is 1. The molecule has 0 fully saturated rings. The number of ether oxygens (including phenoxy) is 1. The molecule has 8 heteroatoms. The number of rotatable bonds is 10. The van der Waals surface area contributed by atoms with Crippen LogP contribution in [0.2, 0.25) is 0 Å². The topological polar surface area (TPSA) is 101 Å². The van der Waals surface area contributed by atoms with Crippen LogP contribution in [0, 0.1) is 6.92 Å². The van der Waals surface area contributed by atoms with E-state index in [2.05, 4.69) is 15.6 Å². The molecule has 0 bridgehead atoms. The Morgan fingerprint density at radius 2 is 1.72 bits per heavy atom. The Morgan fingerprint density at radius 3 is 2.38 bits per heavy atom. The van der Waals surface area contributed by atoms with Crippen molar-refractivity contribution in [3.63, 3.8) is 0 Å². The van der Waals surface area contributed by atoms with E-state index in [4.69, 9.17) is 4.74 Å². The second-order valence-electron chi connectivity index (χ2n) is 6.50. The van der Waals surface area contributed by atoms with Crippen LogP contribution >= 0.6 is 0 Å². The minimum absolute atomic E-state index is 0.150. The van der Waals surface area contributed by atoms with Gasteiger partial charge in [-0.3, -0.25) is 19.4 Å². The predicted molar refractivity (Wildman–Crippen MR) is 109 cm³/mol. The van der Waals surface area contributed by atoms with E-state index in [-0.39, 0.29) is 24.9 Å². The minimum Gasteiger partial charge on any atom is -0.385 e. The second kappa shape index (κ2) is 11.6. The zero-order chi connectivity index (χ0) is 21.1. The Hall–Kier alpha value is -3.26. The van der Waals surface area contributed by atoms with Gasteiger partial charge in [-0.2, -0.15) is 0 Å². The first-order valence-corrected chi connectivity index (χ1v) is 9.31. The summed E-state index contributed by atoms with van der Waals surface area (Å²) < 4.78 is 5.02. The minimum atomic E-state index is -0.413. The lowest BCUT2D eigenvalue weighted by Crippen LogP contribution is -2.43. The molecule has 0 spiro atoms. The lowest BCUT2D eigenvalue weighted by molar-refractivity contribution is -0.124. The number of hydrogen-bond acceptors (Lipinski definition) is 5. The lowest BCUT2D eigenvalue weighted by atomic mass is 10.2. The first-order valence-electron chi connectivity index (χ1n) is 9.31. The monoisotopic (exact) mass is 398 g/mol. The Kier molecular flexibility index (Phi) is 8.78. The maximum absolute atomic E-state index is 12.7. The van der Waals surface area contributed by atoms with Gasteiger partial charge in [0.15, 0.2) is 0 Å². The zero-order valence-corrected chi connectivity index (χ0v) is 16.7. The van der Waals surface area contributed by atoms with Crippen molar-refractivity contribution in [1.29, 1.82) is 0 Å². The highest BCUT2D eigenvalue weighted by Crippen LogP contribution is 2.08. The summed E-state index contributed by atoms with van der Waals surface area (Å²) >= 11 is 0. The third-order valence-corrected chi connectivity index (χ3v) is 4.11. The van der Waals surface area contributed by atoms with Crippen molar-refractivity contribution < 1.29 is 19.1 Å². The van der Waals surface area contributed by atoms with Crippen LogP contribution in [0.3, 0.4) is 0 Å². The molecule has 29 heavy (non-hydrogen) atoms. The van der Waals surface area contributed by atoms with Crippen molar-refractivity contribution in [1.82, 2.24) is 15.2 Å². The molecule has 0 radical (unpaired) electrons. The number of carbonyl (C=O) groups is 3. The van der Waals surface area contributed by atoms with Crippen LogP contribution in [0.15, 0.2) is 48.8 Å². The van der Waals surface area contributed by atoms with E-state index in [0.29, 0.717) is 30.8 Å². The number of aryl methyl sites for hydroxylation is 1. The number of anilines is 1. The number of nitrogens with zero attached hydrogens (tertiary/aromatic N) is 2. The molecule has 1 aromatic heterocycles. The van der Waals surface area contributed by atoms with E-state index < -0.39 is 5.91 Å². The largest absolute Gasteiger partial charge is 0.385 e. The maximum Gasteiger partial charge on any atom is 0.254 e. The van der Waals surface area contributed by atoms with Gasteiger partial charge in [0.25, 0.3) is 5.91 Å². The molecule has 2 aromatic rings. The fourth-order valence-electron chi connectivity index (χ4n) is 2.58. The molecule has 0 unspecified atom stereocenters. The molecule has 2 N–H and O–H groups in total. The Morgan fingerprint density at radius 1 is 1.03 bits per heavy atom. The van der Waals surface area contributed by atoms with Gasteiger partial charge in [-0.05, 0) is 37.6 Å². The number of hydrogen-bond donors (Lipinski definition) is 2. The molecule has 8 nitrogen and oxygen atoms in total. The summed E-state index contributed by atoms with van der Waals surface area (Å²) in [5.74, 6) is -1.03. The summed E-state index contributed by atoms with van der Waals surface area (Å²) in [4.78, 5) is 42.3. The van der Waals surface area contributed by atoms with Crippen LogP contribution in [0.1, 0.15) is 22.3 Å². The van der Waals surface area contributed by atoms with Gasteiger partial charge < -0.3 is 20.3 Å². The van der Waals surface area contributed by atoms with E-state index >= 15 is 0 Å². The van der Waals surface area contributed by atoms with E-state index in [0.717, 1.165) is 5.56 Å². The number of aromatic nitrogens is 1. The molecular weight excluding hydrogens is 372 g/mol. The van der Waals surface area contributed by atoms with Gasteiger partial charge in [0.05, 0.1) is 13.1 Å². The Labute approximate surface area is 170 Å². The fraction of sp³-hybridized carbons (Fsp3) is 0.333. The van der Waals surface area contributed by atoms with E-state index in [1.54, 1.807) is 31.4 Å². The van der Waals surface area contributed by atoms with Crippen molar-refractivity contribution in [2.45, 2.75) is 13.3 Å². The SMILES string of the molecule is COCCCN(CC(=O)NCC(=O)Nc1ccc(C)cc1)C(=O)c1ccncc1. The van der Waals surface area contributed by atoms with Gasteiger partial charge in [0.1, 0.15) is 0 Å². The lowest BCUT2D eigenvalue weighted by Gasteiger charge is -2.22. The molecule has 2 rings (SSSR count). The molecule has 3 amide bonds. The average molecular weight is 398 g/mol. The highest BCUT2D eigenvalue weighted by Gasteiger charge is 2.19. The van der Waals surface area contributed by atoms with Gasteiger partial charge in [-0.1, -0.05) is 17.7 Å². The number of methoxy groups -OCH3 is 1. The van der Waals surface area contributed by atoms with Crippen molar-refractivity contribution in [3.05, 3.63) is 59.9 Å². The maximum atomic E-state index is 12.7. The van der Waals surface area contributed by atoms with Crippen LogP contribution in [0.25, 0.3) is 0 Å². The summed E-state index contributed by atoms with van der Waals surface area (Å²) in [5.41, 5.74) is 2.19. The molecule has 0 saturated heterocycles.